The van der Waals surface area contributed by atoms with Crippen LogP contribution in [0.5, 0.6) is 5.75 Å². The summed E-state index contributed by atoms with van der Waals surface area (Å²) in [6, 6.07) is 9.01. The summed E-state index contributed by atoms with van der Waals surface area (Å²) in [7, 11) is -3.55. The number of hydrogen-bond acceptors (Lipinski definition) is 5. The number of ether oxygens (including phenoxy) is 1. The van der Waals surface area contributed by atoms with Crippen LogP contribution in [0.3, 0.4) is 0 Å². The zero-order valence-corrected chi connectivity index (χ0v) is 12.7. The lowest BCUT2D eigenvalue weighted by atomic mass is 10.2. The van der Waals surface area contributed by atoms with Gasteiger partial charge in [-0.2, -0.15) is 5.26 Å². The SMILES string of the molecule is CC1(C)C(=O)N(CCOc2ccc(CC#N)cc2)S1(=O)=O. The highest BCUT2D eigenvalue weighted by Gasteiger charge is 2.59. The van der Waals surface area contributed by atoms with Gasteiger partial charge in [-0.3, -0.25) is 4.79 Å². The Morgan fingerprint density at radius 2 is 1.90 bits per heavy atom. The molecule has 0 spiro atoms. The van der Waals surface area contributed by atoms with Gasteiger partial charge in [-0.1, -0.05) is 12.1 Å². The van der Waals surface area contributed by atoms with E-state index in [2.05, 4.69) is 0 Å². The summed E-state index contributed by atoms with van der Waals surface area (Å²) in [4.78, 5) is 11.7. The van der Waals surface area contributed by atoms with Crippen LogP contribution >= 0.6 is 0 Å². The molecule has 1 aromatic carbocycles. The highest BCUT2D eigenvalue weighted by molar-refractivity contribution is 7.94. The second kappa shape index (κ2) is 5.37. The summed E-state index contributed by atoms with van der Waals surface area (Å²) in [6.07, 6.45) is 0.329. The third-order valence-corrected chi connectivity index (χ3v) is 5.84. The molecule has 0 unspecified atom stereocenters. The number of hydrogen-bond donors (Lipinski definition) is 0. The minimum Gasteiger partial charge on any atom is -0.492 e. The van der Waals surface area contributed by atoms with Gasteiger partial charge in [0.25, 0.3) is 15.9 Å². The number of amides is 1. The maximum absolute atomic E-state index is 11.9. The van der Waals surface area contributed by atoms with Gasteiger partial charge in [-0.15, -0.1) is 0 Å². The minimum absolute atomic E-state index is 0.00451. The van der Waals surface area contributed by atoms with E-state index in [1.54, 1.807) is 24.3 Å². The first-order valence-electron chi connectivity index (χ1n) is 6.46. The summed E-state index contributed by atoms with van der Waals surface area (Å²) < 4.78 is 28.6. The zero-order chi connectivity index (χ0) is 15.7. The largest absolute Gasteiger partial charge is 0.492 e. The van der Waals surface area contributed by atoms with Crippen molar-refractivity contribution in [3.63, 3.8) is 0 Å². The molecule has 0 aliphatic carbocycles. The van der Waals surface area contributed by atoms with Crippen molar-refractivity contribution in [2.45, 2.75) is 25.0 Å². The molecule has 7 heteroatoms. The number of nitriles is 1. The van der Waals surface area contributed by atoms with Gasteiger partial charge in [0.1, 0.15) is 12.4 Å². The number of rotatable bonds is 5. The molecule has 1 saturated heterocycles. The molecule has 0 radical (unpaired) electrons. The minimum atomic E-state index is -3.55. The Hall–Kier alpha value is -2.07. The average Bonchev–Trinajstić information content (AvgIpc) is 2.44. The lowest BCUT2D eigenvalue weighted by Crippen LogP contribution is -2.67. The summed E-state index contributed by atoms with van der Waals surface area (Å²) in [6.45, 7) is 2.90. The molecule has 0 aromatic heterocycles. The van der Waals surface area contributed by atoms with E-state index < -0.39 is 20.7 Å². The summed E-state index contributed by atoms with van der Waals surface area (Å²) in [5, 5.41) is 8.57. The summed E-state index contributed by atoms with van der Waals surface area (Å²) in [5.41, 5.74) is 0.882. The molecule has 1 aliphatic heterocycles. The first-order valence-corrected chi connectivity index (χ1v) is 7.90. The van der Waals surface area contributed by atoms with E-state index in [-0.39, 0.29) is 13.2 Å². The normalized spacial score (nSPS) is 18.7. The fourth-order valence-corrected chi connectivity index (χ4v) is 3.53. The van der Waals surface area contributed by atoms with Crippen molar-refractivity contribution in [2.24, 2.45) is 0 Å². The van der Waals surface area contributed by atoms with Crippen LogP contribution in [0.1, 0.15) is 19.4 Å². The topological polar surface area (TPSA) is 87.5 Å². The van der Waals surface area contributed by atoms with Crippen LogP contribution in [-0.4, -0.2) is 36.5 Å². The van der Waals surface area contributed by atoms with E-state index in [9.17, 15) is 13.2 Å². The van der Waals surface area contributed by atoms with E-state index in [1.807, 2.05) is 6.07 Å². The number of carbonyl (C=O) groups excluding carboxylic acids is 1. The third-order valence-electron chi connectivity index (χ3n) is 3.45. The maximum Gasteiger partial charge on any atom is 0.259 e. The Balaban J connectivity index is 1.88. The monoisotopic (exact) mass is 308 g/mol. The molecule has 0 atom stereocenters. The Labute approximate surface area is 124 Å². The zero-order valence-electron chi connectivity index (χ0n) is 11.9. The molecule has 6 nitrogen and oxygen atoms in total. The maximum atomic E-state index is 11.9. The van der Waals surface area contributed by atoms with Crippen LogP contribution in [-0.2, 0) is 21.2 Å². The van der Waals surface area contributed by atoms with Crippen LogP contribution in [0.4, 0.5) is 0 Å². The van der Waals surface area contributed by atoms with Crippen LogP contribution in [0.25, 0.3) is 0 Å². The smallest absolute Gasteiger partial charge is 0.259 e. The molecule has 1 amide bonds. The molecule has 1 aromatic rings. The fourth-order valence-electron chi connectivity index (χ4n) is 2.02. The number of sulfonamides is 1. The molecule has 1 aliphatic rings. The predicted molar refractivity (Wildman–Crippen MR) is 76.0 cm³/mol. The van der Waals surface area contributed by atoms with Gasteiger partial charge in [0, 0.05) is 0 Å². The second-order valence-electron chi connectivity index (χ2n) is 5.22. The van der Waals surface area contributed by atoms with Crippen LogP contribution in [0.15, 0.2) is 24.3 Å². The molecule has 21 heavy (non-hydrogen) atoms. The molecule has 0 bridgehead atoms. The van der Waals surface area contributed by atoms with Gasteiger partial charge in [0.2, 0.25) is 0 Å². The molecular formula is C14H16N2O4S. The Morgan fingerprint density at radius 1 is 1.29 bits per heavy atom. The third kappa shape index (κ3) is 2.59. The average molecular weight is 308 g/mol. The van der Waals surface area contributed by atoms with Crippen LogP contribution < -0.4 is 4.74 Å². The van der Waals surface area contributed by atoms with E-state index in [4.69, 9.17) is 10.00 Å². The van der Waals surface area contributed by atoms with Crippen molar-refractivity contribution in [2.75, 3.05) is 13.2 Å². The summed E-state index contributed by atoms with van der Waals surface area (Å²) in [5.74, 6) is 0.164. The number of benzene rings is 1. The van der Waals surface area contributed by atoms with E-state index in [0.717, 1.165) is 9.87 Å². The van der Waals surface area contributed by atoms with Crippen LogP contribution in [0, 0.1) is 11.3 Å². The van der Waals surface area contributed by atoms with Crippen molar-refractivity contribution in [3.05, 3.63) is 29.8 Å². The molecule has 0 N–H and O–H groups in total. The Kier molecular flexibility index (Phi) is 3.92. The molecule has 0 saturated carbocycles. The van der Waals surface area contributed by atoms with Crippen molar-refractivity contribution in [3.8, 4) is 11.8 Å². The first-order chi connectivity index (χ1) is 9.80. The second-order valence-corrected chi connectivity index (χ2v) is 7.63. The quantitative estimate of drug-likeness (QED) is 0.812. The lowest BCUT2D eigenvalue weighted by molar-refractivity contribution is -0.132. The van der Waals surface area contributed by atoms with E-state index >= 15 is 0 Å². The Morgan fingerprint density at radius 3 is 2.43 bits per heavy atom. The summed E-state index contributed by atoms with van der Waals surface area (Å²) >= 11 is 0. The van der Waals surface area contributed by atoms with Crippen molar-refractivity contribution >= 4 is 15.9 Å². The van der Waals surface area contributed by atoms with E-state index in [1.165, 1.54) is 13.8 Å². The van der Waals surface area contributed by atoms with E-state index in [0.29, 0.717) is 12.2 Å². The molecular weight excluding hydrogens is 292 g/mol. The van der Waals surface area contributed by atoms with Gasteiger partial charge in [0.15, 0.2) is 4.75 Å². The molecule has 112 valence electrons. The van der Waals surface area contributed by atoms with Crippen molar-refractivity contribution < 1.29 is 17.9 Å². The van der Waals surface area contributed by atoms with Crippen molar-refractivity contribution in [1.29, 1.82) is 5.26 Å². The highest BCUT2D eigenvalue weighted by atomic mass is 32.2. The van der Waals surface area contributed by atoms with Gasteiger partial charge < -0.3 is 4.74 Å². The lowest BCUT2D eigenvalue weighted by Gasteiger charge is -2.42. The van der Waals surface area contributed by atoms with Crippen molar-refractivity contribution in [1.82, 2.24) is 4.31 Å². The van der Waals surface area contributed by atoms with Gasteiger partial charge in [0.05, 0.1) is 19.0 Å². The molecule has 2 rings (SSSR count). The fraction of sp³-hybridized carbons (Fsp3) is 0.429. The first kappa shape index (κ1) is 15.3. The van der Waals surface area contributed by atoms with Gasteiger partial charge in [-0.05, 0) is 31.5 Å². The van der Waals surface area contributed by atoms with Crippen LogP contribution in [0.2, 0.25) is 0 Å². The highest BCUT2D eigenvalue weighted by Crippen LogP contribution is 2.34. The standard InChI is InChI=1S/C14H16N2O4S/c1-14(2)13(17)16(21(14,18)19)9-10-20-12-5-3-11(4-6-12)7-8-15/h3-6H,7,9-10H2,1-2H3. The number of carbonyl (C=O) groups is 1. The molecule has 1 fully saturated rings. The molecule has 1 heterocycles. The number of nitrogens with zero attached hydrogens (tertiary/aromatic N) is 2. The Bertz CT molecular complexity index is 687. The predicted octanol–water partition coefficient (Wildman–Crippen LogP) is 1.08. The van der Waals surface area contributed by atoms with Gasteiger partial charge >= 0.3 is 0 Å². The van der Waals surface area contributed by atoms with Gasteiger partial charge in [-0.25, -0.2) is 12.7 Å².